The Labute approximate surface area is 173 Å². The lowest BCUT2D eigenvalue weighted by Gasteiger charge is -2.44. The summed E-state index contributed by atoms with van der Waals surface area (Å²) in [4.78, 5) is 12.9. The summed E-state index contributed by atoms with van der Waals surface area (Å²) in [5.74, 6) is 0.568. The van der Waals surface area contributed by atoms with E-state index in [1.807, 2.05) is 13.8 Å². The molecule has 2 saturated heterocycles. The lowest BCUT2D eigenvalue weighted by molar-refractivity contribution is -0.208. The molecule has 0 saturated carbocycles. The molecule has 8 atom stereocenters. The SMILES string of the molecule is CCCC1CCN[C@H](C(=O)N[C@H](C(C)C)[C@H]2O[C@H](SC)[C@H](O)[C@@H](O)[C@H]2O)CC1. The molecule has 164 valence electrons. The topological polar surface area (TPSA) is 111 Å². The van der Waals surface area contributed by atoms with Crippen LogP contribution in [0.5, 0.6) is 0 Å². The number of ether oxygens (including phenoxy) is 1. The van der Waals surface area contributed by atoms with Crippen molar-refractivity contribution in [3.63, 3.8) is 0 Å². The highest BCUT2D eigenvalue weighted by molar-refractivity contribution is 7.99. The Bertz CT molecular complexity index is 493. The van der Waals surface area contributed by atoms with Gasteiger partial charge in [-0.3, -0.25) is 4.79 Å². The number of hydrogen-bond donors (Lipinski definition) is 5. The highest BCUT2D eigenvalue weighted by Crippen LogP contribution is 2.30. The fourth-order valence-corrected chi connectivity index (χ4v) is 4.97. The number of carbonyl (C=O) groups excluding carboxylic acids is 1. The van der Waals surface area contributed by atoms with E-state index >= 15 is 0 Å². The molecular weight excluding hydrogens is 380 g/mol. The molecule has 8 heteroatoms. The van der Waals surface area contributed by atoms with Gasteiger partial charge in [0.1, 0.15) is 29.9 Å². The third-order valence-corrected chi connectivity index (χ3v) is 6.89. The lowest BCUT2D eigenvalue weighted by atomic mass is 9.88. The zero-order valence-electron chi connectivity index (χ0n) is 17.5. The van der Waals surface area contributed by atoms with Crippen LogP contribution in [0.2, 0.25) is 0 Å². The molecule has 2 aliphatic heterocycles. The van der Waals surface area contributed by atoms with Crippen molar-refractivity contribution in [2.45, 2.75) is 94.8 Å². The molecule has 0 spiro atoms. The van der Waals surface area contributed by atoms with E-state index in [1.165, 1.54) is 24.6 Å². The summed E-state index contributed by atoms with van der Waals surface area (Å²) in [5, 5.41) is 37.2. The van der Waals surface area contributed by atoms with Gasteiger partial charge in [0, 0.05) is 0 Å². The third kappa shape index (κ3) is 5.83. The third-order valence-electron chi connectivity index (χ3n) is 6.04. The minimum atomic E-state index is -1.31. The second-order valence-corrected chi connectivity index (χ2v) is 9.42. The summed E-state index contributed by atoms with van der Waals surface area (Å²) >= 11 is 1.28. The number of nitrogens with one attached hydrogen (secondary N) is 2. The van der Waals surface area contributed by atoms with Crippen LogP contribution in [0.3, 0.4) is 0 Å². The molecule has 0 aliphatic carbocycles. The monoisotopic (exact) mass is 418 g/mol. The number of rotatable bonds is 7. The van der Waals surface area contributed by atoms with Gasteiger partial charge in [0.05, 0.1) is 12.1 Å². The van der Waals surface area contributed by atoms with Crippen LogP contribution in [-0.2, 0) is 9.53 Å². The van der Waals surface area contributed by atoms with E-state index in [0.29, 0.717) is 5.92 Å². The Morgan fingerprint density at radius 2 is 1.89 bits per heavy atom. The fraction of sp³-hybridized carbons (Fsp3) is 0.950. The maximum Gasteiger partial charge on any atom is 0.237 e. The van der Waals surface area contributed by atoms with Crippen LogP contribution >= 0.6 is 11.8 Å². The summed E-state index contributed by atoms with van der Waals surface area (Å²) in [5.41, 5.74) is -0.646. The first-order chi connectivity index (χ1) is 13.3. The summed E-state index contributed by atoms with van der Waals surface area (Å²) in [6, 6.07) is -0.716. The molecule has 2 fully saturated rings. The van der Waals surface area contributed by atoms with E-state index in [9.17, 15) is 20.1 Å². The van der Waals surface area contributed by atoms with Gasteiger partial charge < -0.3 is 30.7 Å². The number of amides is 1. The molecule has 2 heterocycles. The quantitative estimate of drug-likeness (QED) is 0.417. The number of aliphatic hydroxyl groups excluding tert-OH is 3. The van der Waals surface area contributed by atoms with E-state index in [-0.39, 0.29) is 17.9 Å². The van der Waals surface area contributed by atoms with E-state index < -0.39 is 35.9 Å². The maximum atomic E-state index is 12.9. The molecule has 7 nitrogen and oxygen atoms in total. The van der Waals surface area contributed by atoms with Gasteiger partial charge in [-0.25, -0.2) is 0 Å². The predicted octanol–water partition coefficient (Wildman–Crippen LogP) is 0.856. The van der Waals surface area contributed by atoms with Gasteiger partial charge in [0.25, 0.3) is 0 Å². The van der Waals surface area contributed by atoms with Crippen molar-refractivity contribution in [3.05, 3.63) is 0 Å². The first kappa shape index (κ1) is 23.9. The minimum absolute atomic E-state index is 0.00725. The van der Waals surface area contributed by atoms with Crippen molar-refractivity contribution >= 4 is 17.7 Å². The minimum Gasteiger partial charge on any atom is -0.388 e. The van der Waals surface area contributed by atoms with Crippen molar-refractivity contribution in [2.24, 2.45) is 11.8 Å². The largest absolute Gasteiger partial charge is 0.388 e. The summed E-state index contributed by atoms with van der Waals surface area (Å²) in [6.07, 6.45) is 2.55. The van der Waals surface area contributed by atoms with Crippen molar-refractivity contribution in [1.29, 1.82) is 0 Å². The van der Waals surface area contributed by atoms with Crippen LogP contribution in [0.15, 0.2) is 0 Å². The molecule has 2 aliphatic rings. The van der Waals surface area contributed by atoms with Gasteiger partial charge in [-0.05, 0) is 43.9 Å². The standard InChI is InChI=1S/C20H38N2O5S/c1-5-6-12-7-8-13(21-10-9-12)19(26)22-14(11(2)3)18-16(24)15(23)17(25)20(27-18)28-4/h11-18,20-21,23-25H,5-10H2,1-4H3,(H,22,26)/t12?,13-,14+,15-,16+,17+,18+,20+/m0/s1. The number of thioether (sulfide) groups is 1. The van der Waals surface area contributed by atoms with Crippen molar-refractivity contribution < 1.29 is 24.9 Å². The van der Waals surface area contributed by atoms with Crippen molar-refractivity contribution in [3.8, 4) is 0 Å². The molecule has 0 aromatic rings. The first-order valence-electron chi connectivity index (χ1n) is 10.6. The van der Waals surface area contributed by atoms with E-state index in [0.717, 1.165) is 25.8 Å². The zero-order chi connectivity index (χ0) is 20.8. The highest BCUT2D eigenvalue weighted by Gasteiger charge is 2.47. The van der Waals surface area contributed by atoms with Crippen LogP contribution in [-0.4, -0.2) is 76.0 Å². The second kappa shape index (κ2) is 11.1. The van der Waals surface area contributed by atoms with Crippen molar-refractivity contribution in [2.75, 3.05) is 12.8 Å². The maximum absolute atomic E-state index is 12.9. The molecule has 1 unspecified atom stereocenters. The molecule has 5 N–H and O–H groups in total. The van der Waals surface area contributed by atoms with Gasteiger partial charge in [-0.15, -0.1) is 11.8 Å². The average Bonchev–Trinajstić information content (AvgIpc) is 2.91. The molecule has 0 bridgehead atoms. The van der Waals surface area contributed by atoms with Crippen LogP contribution in [0.1, 0.15) is 52.9 Å². The average molecular weight is 419 g/mol. The molecule has 0 aromatic carbocycles. The summed E-state index contributed by atoms with van der Waals surface area (Å²) < 4.78 is 5.88. The van der Waals surface area contributed by atoms with Gasteiger partial charge in [-0.1, -0.05) is 33.6 Å². The fourth-order valence-electron chi connectivity index (χ4n) is 4.29. The van der Waals surface area contributed by atoms with Crippen molar-refractivity contribution in [1.82, 2.24) is 10.6 Å². The lowest BCUT2D eigenvalue weighted by Crippen LogP contribution is -2.64. The predicted molar refractivity (Wildman–Crippen MR) is 111 cm³/mol. The van der Waals surface area contributed by atoms with Gasteiger partial charge in [0.15, 0.2) is 0 Å². The Morgan fingerprint density at radius 1 is 1.18 bits per heavy atom. The van der Waals surface area contributed by atoms with E-state index in [2.05, 4.69) is 17.6 Å². The normalized spacial score (nSPS) is 38.1. The Hall–Kier alpha value is -0.380. The van der Waals surface area contributed by atoms with Gasteiger partial charge >= 0.3 is 0 Å². The second-order valence-electron chi connectivity index (χ2n) is 8.48. The number of carbonyl (C=O) groups is 1. The molecule has 0 radical (unpaired) electrons. The Balaban J connectivity index is 2.04. The summed E-state index contributed by atoms with van der Waals surface area (Å²) in [6.45, 7) is 6.92. The molecule has 2 rings (SSSR count). The van der Waals surface area contributed by atoms with Gasteiger partial charge in [-0.2, -0.15) is 0 Å². The number of aliphatic hydroxyl groups is 3. The summed E-state index contributed by atoms with van der Waals surface area (Å²) in [7, 11) is 0. The first-order valence-corrected chi connectivity index (χ1v) is 11.8. The Morgan fingerprint density at radius 3 is 2.50 bits per heavy atom. The van der Waals surface area contributed by atoms with E-state index in [1.54, 1.807) is 6.26 Å². The van der Waals surface area contributed by atoms with Crippen LogP contribution in [0.25, 0.3) is 0 Å². The molecule has 0 aromatic heterocycles. The molecule has 1 amide bonds. The van der Waals surface area contributed by atoms with E-state index in [4.69, 9.17) is 4.74 Å². The van der Waals surface area contributed by atoms with Gasteiger partial charge in [0.2, 0.25) is 5.91 Å². The molecule has 28 heavy (non-hydrogen) atoms. The molecular formula is C20H38N2O5S. The smallest absolute Gasteiger partial charge is 0.237 e. The van der Waals surface area contributed by atoms with Crippen LogP contribution in [0.4, 0.5) is 0 Å². The highest BCUT2D eigenvalue weighted by atomic mass is 32.2. The Kier molecular flexibility index (Phi) is 9.50. The van der Waals surface area contributed by atoms with Crippen LogP contribution < -0.4 is 10.6 Å². The number of hydrogen-bond acceptors (Lipinski definition) is 7. The zero-order valence-corrected chi connectivity index (χ0v) is 18.3. The van der Waals surface area contributed by atoms with Crippen LogP contribution in [0, 0.1) is 11.8 Å².